The third-order valence-electron chi connectivity index (χ3n) is 5.91. The smallest absolute Gasteiger partial charge is 0.317 e. The molecular formula is C22H32O7. The topological polar surface area (TPSA) is 121 Å². The average Bonchev–Trinajstić information content (AvgIpc) is 2.98. The van der Waals surface area contributed by atoms with Crippen molar-refractivity contribution in [1.29, 1.82) is 0 Å². The van der Waals surface area contributed by atoms with E-state index in [1.54, 1.807) is 12.2 Å². The van der Waals surface area contributed by atoms with Gasteiger partial charge in [0.2, 0.25) is 0 Å². The lowest BCUT2D eigenvalue weighted by molar-refractivity contribution is -0.155. The zero-order chi connectivity index (χ0) is 21.4. The zero-order valence-corrected chi connectivity index (χ0v) is 16.7. The second kappa shape index (κ2) is 11.3. The van der Waals surface area contributed by atoms with Crippen molar-refractivity contribution in [3.05, 3.63) is 24.8 Å². The van der Waals surface area contributed by atoms with E-state index in [1.165, 1.54) is 12.5 Å². The molecule has 7 heteroatoms. The fourth-order valence-corrected chi connectivity index (χ4v) is 4.21. The zero-order valence-electron chi connectivity index (χ0n) is 16.7. The van der Waals surface area contributed by atoms with Crippen LogP contribution >= 0.6 is 0 Å². The summed E-state index contributed by atoms with van der Waals surface area (Å²) in [6.45, 7) is 3.60. The van der Waals surface area contributed by atoms with Crippen LogP contribution in [0, 0.1) is 17.8 Å². The number of hydrogen-bond donors (Lipinski definition) is 3. The molecule has 0 aromatic rings. The molecule has 1 unspecified atom stereocenters. The Morgan fingerprint density at radius 1 is 1.24 bits per heavy atom. The maximum absolute atomic E-state index is 12.6. The van der Waals surface area contributed by atoms with Gasteiger partial charge in [-0.1, -0.05) is 44.1 Å². The van der Waals surface area contributed by atoms with Crippen molar-refractivity contribution < 1.29 is 34.4 Å². The van der Waals surface area contributed by atoms with Crippen molar-refractivity contribution in [3.63, 3.8) is 0 Å². The summed E-state index contributed by atoms with van der Waals surface area (Å²) in [5.41, 5.74) is 0. The lowest BCUT2D eigenvalue weighted by Crippen LogP contribution is -2.31. The number of ether oxygens (including phenoxy) is 1. The van der Waals surface area contributed by atoms with Crippen molar-refractivity contribution in [2.75, 3.05) is 0 Å². The lowest BCUT2D eigenvalue weighted by Gasteiger charge is -2.25. The number of carbonyl (C=O) groups is 3. The highest BCUT2D eigenvalue weighted by Crippen LogP contribution is 2.33. The van der Waals surface area contributed by atoms with Gasteiger partial charge in [-0.2, -0.15) is 0 Å². The Kier molecular flexibility index (Phi) is 9.04. The van der Waals surface area contributed by atoms with Gasteiger partial charge in [0.1, 0.15) is 17.8 Å². The van der Waals surface area contributed by atoms with Gasteiger partial charge in [-0.25, -0.2) is 0 Å². The summed E-state index contributed by atoms with van der Waals surface area (Å²) in [6, 6.07) is 0. The van der Waals surface area contributed by atoms with Crippen LogP contribution in [-0.2, 0) is 19.1 Å². The number of carboxylic acids is 1. The molecule has 2 fully saturated rings. The van der Waals surface area contributed by atoms with E-state index in [2.05, 4.69) is 6.58 Å². The predicted octanol–water partition coefficient (Wildman–Crippen LogP) is 2.40. The molecule has 2 aliphatic rings. The second-order valence-corrected chi connectivity index (χ2v) is 8.06. The molecule has 29 heavy (non-hydrogen) atoms. The maximum Gasteiger partial charge on any atom is 0.317 e. The van der Waals surface area contributed by atoms with E-state index in [0.29, 0.717) is 12.8 Å². The molecule has 2 saturated carbocycles. The summed E-state index contributed by atoms with van der Waals surface area (Å²) in [5, 5.41) is 29.4. The second-order valence-electron chi connectivity index (χ2n) is 8.06. The third kappa shape index (κ3) is 6.78. The molecular weight excluding hydrogens is 376 g/mol. The minimum absolute atomic E-state index is 0.0482. The van der Waals surface area contributed by atoms with Gasteiger partial charge >= 0.3 is 11.9 Å². The first kappa shape index (κ1) is 23.3. The van der Waals surface area contributed by atoms with E-state index in [0.717, 1.165) is 25.7 Å². The van der Waals surface area contributed by atoms with E-state index in [-0.39, 0.29) is 18.8 Å². The Morgan fingerprint density at radius 3 is 2.55 bits per heavy atom. The van der Waals surface area contributed by atoms with Crippen molar-refractivity contribution in [3.8, 4) is 0 Å². The van der Waals surface area contributed by atoms with Crippen molar-refractivity contribution in [2.45, 2.75) is 76.1 Å². The number of rotatable bonds is 10. The summed E-state index contributed by atoms with van der Waals surface area (Å²) in [7, 11) is 0. The summed E-state index contributed by atoms with van der Waals surface area (Å²) >= 11 is 0. The minimum atomic E-state index is -1.12. The van der Waals surface area contributed by atoms with Crippen molar-refractivity contribution >= 4 is 17.7 Å². The van der Waals surface area contributed by atoms with Gasteiger partial charge in [-0.15, -0.1) is 0 Å². The van der Waals surface area contributed by atoms with Crippen LogP contribution < -0.4 is 0 Å². The van der Waals surface area contributed by atoms with Crippen LogP contribution in [-0.4, -0.2) is 51.4 Å². The molecule has 2 aliphatic carbocycles. The van der Waals surface area contributed by atoms with E-state index in [9.17, 15) is 24.6 Å². The molecule has 0 aromatic heterocycles. The van der Waals surface area contributed by atoms with Crippen molar-refractivity contribution in [1.82, 2.24) is 0 Å². The van der Waals surface area contributed by atoms with E-state index in [4.69, 9.17) is 9.84 Å². The largest absolute Gasteiger partial charge is 0.481 e. The number of hydrogen-bond acceptors (Lipinski definition) is 6. The number of aliphatic hydroxyl groups is 2. The van der Waals surface area contributed by atoms with E-state index >= 15 is 0 Å². The number of carboxylic acid groups (broad SMARTS) is 1. The van der Waals surface area contributed by atoms with Gasteiger partial charge in [-0.05, 0) is 31.6 Å². The molecule has 5 atom stereocenters. The number of ketones is 1. The van der Waals surface area contributed by atoms with Gasteiger partial charge < -0.3 is 20.1 Å². The highest BCUT2D eigenvalue weighted by Gasteiger charge is 2.46. The van der Waals surface area contributed by atoms with Crippen LogP contribution in [0.1, 0.15) is 57.8 Å². The molecule has 0 amide bonds. The quantitative estimate of drug-likeness (QED) is 0.288. The normalized spacial score (nSPS) is 27.7. The summed E-state index contributed by atoms with van der Waals surface area (Å²) in [5.74, 6) is -3.76. The number of carbonyl (C=O) groups excluding carboxylic acids is 2. The molecule has 3 N–H and O–H groups in total. The van der Waals surface area contributed by atoms with Gasteiger partial charge in [0.05, 0.1) is 12.2 Å². The summed E-state index contributed by atoms with van der Waals surface area (Å²) < 4.78 is 5.36. The van der Waals surface area contributed by atoms with Crippen LogP contribution in [0.25, 0.3) is 0 Å². The summed E-state index contributed by atoms with van der Waals surface area (Å²) in [6.07, 6.45) is 7.90. The molecule has 7 nitrogen and oxygen atoms in total. The number of esters is 1. The molecule has 0 heterocycles. The van der Waals surface area contributed by atoms with Gasteiger partial charge in [0, 0.05) is 18.8 Å². The standard InChI is InChI=1S/C22H32O7/c1-2-15(9-6-10-20(26)27)29-22(28)21-16(18(24)13-19(21)25)11-12-17(23)14-7-4-3-5-8-14/h2,11-12,14-18,21,23-24H,1,3-10,13H2,(H,26,27)/b12-11+/t15?,16-,17+,18+,21+/m0/s1. The third-order valence-corrected chi connectivity index (χ3v) is 5.91. The van der Waals surface area contributed by atoms with Gasteiger partial charge in [0.25, 0.3) is 0 Å². The first-order chi connectivity index (χ1) is 13.8. The fourth-order valence-electron chi connectivity index (χ4n) is 4.21. The monoisotopic (exact) mass is 408 g/mol. The van der Waals surface area contributed by atoms with Gasteiger partial charge in [-0.3, -0.25) is 14.4 Å². The van der Waals surface area contributed by atoms with Crippen LogP contribution in [0.5, 0.6) is 0 Å². The highest BCUT2D eigenvalue weighted by atomic mass is 16.5. The maximum atomic E-state index is 12.6. The molecule has 0 aliphatic heterocycles. The summed E-state index contributed by atoms with van der Waals surface area (Å²) in [4.78, 5) is 35.5. The fraction of sp³-hybridized carbons (Fsp3) is 0.682. The Morgan fingerprint density at radius 2 is 1.93 bits per heavy atom. The molecule has 0 bridgehead atoms. The lowest BCUT2D eigenvalue weighted by atomic mass is 9.84. The molecule has 2 rings (SSSR count). The van der Waals surface area contributed by atoms with E-state index in [1.807, 2.05) is 0 Å². The first-order valence-electron chi connectivity index (χ1n) is 10.5. The van der Waals surface area contributed by atoms with Crippen LogP contribution in [0.3, 0.4) is 0 Å². The predicted molar refractivity (Wildman–Crippen MR) is 106 cm³/mol. The number of aliphatic hydroxyl groups excluding tert-OH is 2. The number of aliphatic carboxylic acids is 1. The Bertz CT molecular complexity index is 621. The van der Waals surface area contributed by atoms with Crippen molar-refractivity contribution in [2.24, 2.45) is 17.8 Å². The molecule has 0 aromatic carbocycles. The van der Waals surface area contributed by atoms with Crippen LogP contribution in [0.4, 0.5) is 0 Å². The van der Waals surface area contributed by atoms with Crippen LogP contribution in [0.2, 0.25) is 0 Å². The Balaban J connectivity index is 1.99. The van der Waals surface area contributed by atoms with Crippen LogP contribution in [0.15, 0.2) is 24.8 Å². The Hall–Kier alpha value is -1.99. The van der Waals surface area contributed by atoms with Gasteiger partial charge in [0.15, 0.2) is 0 Å². The number of Topliss-reactive ketones (excluding diaryl/α,β-unsaturated/α-hetero) is 1. The van der Waals surface area contributed by atoms with E-state index < -0.39 is 47.9 Å². The Labute approximate surface area is 171 Å². The minimum Gasteiger partial charge on any atom is -0.481 e. The molecule has 0 saturated heterocycles. The molecule has 0 radical (unpaired) electrons. The molecule has 162 valence electrons. The molecule has 0 spiro atoms. The average molecular weight is 408 g/mol. The SMILES string of the molecule is C=CC(CCCC(=O)O)OC(=O)[C@H]1C(=O)C[C@@H](O)[C@@H]1/C=C/[C@@H](O)C1CCCCC1. The highest BCUT2D eigenvalue weighted by molar-refractivity contribution is 6.01. The first-order valence-corrected chi connectivity index (χ1v) is 10.5.